The summed E-state index contributed by atoms with van der Waals surface area (Å²) >= 11 is 8.40. The monoisotopic (exact) mass is 505 g/mol. The highest BCUT2D eigenvalue weighted by Gasteiger charge is 2.44. The number of aryl methyl sites for hydroxylation is 1. The van der Waals surface area contributed by atoms with Gasteiger partial charge in [0.15, 0.2) is 0 Å². The second kappa shape index (κ2) is 8.85. The molecule has 0 radical (unpaired) electrons. The van der Waals surface area contributed by atoms with Crippen molar-refractivity contribution in [3.05, 3.63) is 57.3 Å². The quantitative estimate of drug-likeness (QED) is 0.427. The number of aromatic nitrogens is 2. The Balaban J connectivity index is 1.17. The molecule has 3 fully saturated rings. The average Bonchev–Trinajstić information content (AvgIpc) is 3.43. The molecular formula is C27H28ClN5OS. The van der Waals surface area contributed by atoms with E-state index in [2.05, 4.69) is 27.4 Å². The molecule has 4 atom stereocenters. The van der Waals surface area contributed by atoms with Crippen LogP contribution < -0.4 is 0 Å². The molecule has 3 aromatic rings. The molecule has 2 bridgehead atoms. The van der Waals surface area contributed by atoms with E-state index >= 15 is 0 Å². The number of benzene rings is 1. The van der Waals surface area contributed by atoms with Gasteiger partial charge in [0.05, 0.1) is 18.3 Å². The molecule has 1 amide bonds. The second-order valence-electron chi connectivity index (χ2n) is 10.2. The predicted molar refractivity (Wildman–Crippen MR) is 138 cm³/mol. The first-order valence-corrected chi connectivity index (χ1v) is 13.6. The molecule has 0 N–H and O–H groups in total. The van der Waals surface area contributed by atoms with Gasteiger partial charge in [0.1, 0.15) is 10.7 Å². The number of amides is 1. The molecular weight excluding hydrogens is 478 g/mol. The van der Waals surface area contributed by atoms with E-state index in [1.165, 1.54) is 0 Å². The lowest BCUT2D eigenvalue weighted by molar-refractivity contribution is 0.0535. The van der Waals surface area contributed by atoms with E-state index < -0.39 is 0 Å². The van der Waals surface area contributed by atoms with Gasteiger partial charge in [-0.2, -0.15) is 5.26 Å². The number of piperidine rings is 1. The van der Waals surface area contributed by atoms with Crippen molar-refractivity contribution < 1.29 is 4.79 Å². The zero-order valence-corrected chi connectivity index (χ0v) is 21.5. The molecule has 1 aromatic carbocycles. The number of thiophene rings is 1. The molecule has 6 rings (SSSR count). The molecule has 2 aliphatic heterocycles. The Hall–Kier alpha value is -2.53. The molecule has 4 heterocycles. The smallest absolute Gasteiger partial charge is 0.253 e. The first kappa shape index (κ1) is 22.9. The SMILES string of the molecule is Cc1nc([C@@H]2C[C@H]2c2ccc(C(=O)N(C)C3CC4CCC(C3)N4CC#N)cc2Cl)c2ccsc2n1. The topological polar surface area (TPSA) is 73.1 Å². The van der Waals surface area contributed by atoms with Gasteiger partial charge in [-0.3, -0.25) is 9.69 Å². The summed E-state index contributed by atoms with van der Waals surface area (Å²) in [7, 11) is 1.91. The maximum absolute atomic E-state index is 13.4. The third-order valence-electron chi connectivity index (χ3n) is 8.24. The highest BCUT2D eigenvalue weighted by Crippen LogP contribution is 2.57. The summed E-state index contributed by atoms with van der Waals surface area (Å²) in [5, 5.41) is 13.0. The standard InChI is InChI=1S/C27H28ClN5OS/c1-15-30-25(21-7-10-35-26(21)31-15)23-14-22(23)20-6-3-16(11-24(20)28)27(34)32(2)19-12-17-4-5-18(13-19)33(17)9-8-29/h3,6-7,10-11,17-19,22-23H,4-5,9,12-14H2,1-2H3/t17?,18?,19?,22-,23+/m0/s1. The molecule has 1 saturated carbocycles. The van der Waals surface area contributed by atoms with Crippen molar-refractivity contribution in [2.24, 2.45) is 0 Å². The van der Waals surface area contributed by atoms with Gasteiger partial charge in [0, 0.05) is 47.1 Å². The van der Waals surface area contributed by atoms with Crippen LogP contribution in [0.15, 0.2) is 29.6 Å². The largest absolute Gasteiger partial charge is 0.339 e. The van der Waals surface area contributed by atoms with Crippen molar-refractivity contribution >= 4 is 39.1 Å². The molecule has 2 aromatic heterocycles. The van der Waals surface area contributed by atoms with E-state index in [-0.39, 0.29) is 11.9 Å². The lowest BCUT2D eigenvalue weighted by Gasteiger charge is -2.41. The van der Waals surface area contributed by atoms with Crippen LogP contribution in [0.25, 0.3) is 10.2 Å². The lowest BCUT2D eigenvalue weighted by Crippen LogP contribution is -2.50. The fourth-order valence-electron chi connectivity index (χ4n) is 6.34. The van der Waals surface area contributed by atoms with Gasteiger partial charge in [0.2, 0.25) is 0 Å². The van der Waals surface area contributed by atoms with Crippen LogP contribution in [0.4, 0.5) is 0 Å². The molecule has 8 heteroatoms. The van der Waals surface area contributed by atoms with E-state index in [0.29, 0.717) is 41.1 Å². The first-order chi connectivity index (χ1) is 16.9. The van der Waals surface area contributed by atoms with E-state index in [1.807, 2.05) is 37.1 Å². The second-order valence-corrected chi connectivity index (χ2v) is 11.5. The predicted octanol–water partition coefficient (Wildman–Crippen LogP) is 5.52. The number of fused-ring (bicyclic) bond motifs is 3. The Morgan fingerprint density at radius 2 is 1.97 bits per heavy atom. The zero-order chi connectivity index (χ0) is 24.3. The first-order valence-electron chi connectivity index (χ1n) is 12.4. The van der Waals surface area contributed by atoms with Gasteiger partial charge in [0.25, 0.3) is 5.91 Å². The average molecular weight is 506 g/mol. The maximum Gasteiger partial charge on any atom is 0.253 e. The van der Waals surface area contributed by atoms with Crippen LogP contribution in [0.5, 0.6) is 0 Å². The van der Waals surface area contributed by atoms with Crippen molar-refractivity contribution in [2.45, 2.75) is 69.0 Å². The highest BCUT2D eigenvalue weighted by molar-refractivity contribution is 7.16. The molecule has 2 saturated heterocycles. The Morgan fingerprint density at radius 3 is 2.69 bits per heavy atom. The van der Waals surface area contributed by atoms with Gasteiger partial charge >= 0.3 is 0 Å². The third-order valence-corrected chi connectivity index (χ3v) is 9.37. The van der Waals surface area contributed by atoms with Gasteiger partial charge in [-0.1, -0.05) is 17.7 Å². The summed E-state index contributed by atoms with van der Waals surface area (Å²) in [4.78, 5) is 28.0. The number of nitriles is 1. The van der Waals surface area contributed by atoms with Crippen LogP contribution in [0.2, 0.25) is 5.02 Å². The van der Waals surface area contributed by atoms with Crippen molar-refractivity contribution in [1.29, 1.82) is 5.26 Å². The van der Waals surface area contributed by atoms with Gasteiger partial charge < -0.3 is 4.90 Å². The normalized spacial score (nSPS) is 27.7. The van der Waals surface area contributed by atoms with E-state index in [4.69, 9.17) is 21.8 Å². The Bertz CT molecular complexity index is 1340. The van der Waals surface area contributed by atoms with Crippen LogP contribution in [0.1, 0.15) is 71.4 Å². The van der Waals surface area contributed by atoms with Gasteiger partial charge in [-0.15, -0.1) is 11.3 Å². The number of carbonyl (C=O) groups is 1. The van der Waals surface area contributed by atoms with Crippen molar-refractivity contribution in [3.8, 4) is 6.07 Å². The van der Waals surface area contributed by atoms with E-state index in [0.717, 1.165) is 59.4 Å². The van der Waals surface area contributed by atoms with Gasteiger partial charge in [-0.25, -0.2) is 9.97 Å². The molecule has 35 heavy (non-hydrogen) atoms. The van der Waals surface area contributed by atoms with Crippen LogP contribution in [0, 0.1) is 18.3 Å². The summed E-state index contributed by atoms with van der Waals surface area (Å²) < 4.78 is 0. The van der Waals surface area contributed by atoms with Gasteiger partial charge in [-0.05, 0) is 74.1 Å². The summed E-state index contributed by atoms with van der Waals surface area (Å²) in [6.45, 7) is 2.44. The maximum atomic E-state index is 13.4. The fourth-order valence-corrected chi connectivity index (χ4v) is 7.48. The van der Waals surface area contributed by atoms with E-state index in [1.54, 1.807) is 11.3 Å². The fraction of sp³-hybridized carbons (Fsp3) is 0.481. The number of rotatable bonds is 5. The number of carbonyl (C=O) groups excluding carboxylic acids is 1. The van der Waals surface area contributed by atoms with Crippen molar-refractivity contribution in [1.82, 2.24) is 19.8 Å². The van der Waals surface area contributed by atoms with Crippen LogP contribution in [0.3, 0.4) is 0 Å². The number of halogens is 1. The summed E-state index contributed by atoms with van der Waals surface area (Å²) in [6.07, 6.45) is 5.13. The number of hydrogen-bond acceptors (Lipinski definition) is 6. The third kappa shape index (κ3) is 4.02. The zero-order valence-electron chi connectivity index (χ0n) is 19.9. The molecule has 0 spiro atoms. The van der Waals surface area contributed by atoms with Crippen molar-refractivity contribution in [2.75, 3.05) is 13.6 Å². The minimum absolute atomic E-state index is 0.0235. The Kier molecular flexibility index (Phi) is 5.79. The van der Waals surface area contributed by atoms with Crippen LogP contribution >= 0.6 is 22.9 Å². The number of nitrogens with zero attached hydrogens (tertiary/aromatic N) is 5. The van der Waals surface area contributed by atoms with Crippen LogP contribution in [-0.4, -0.2) is 57.4 Å². The Labute approximate surface area is 214 Å². The summed E-state index contributed by atoms with van der Waals surface area (Å²) in [5.74, 6) is 1.49. The molecule has 3 aliphatic rings. The molecule has 180 valence electrons. The summed E-state index contributed by atoms with van der Waals surface area (Å²) in [6, 6.07) is 11.2. The summed E-state index contributed by atoms with van der Waals surface area (Å²) in [5.41, 5.74) is 2.86. The Morgan fingerprint density at radius 1 is 1.20 bits per heavy atom. The number of hydrogen-bond donors (Lipinski definition) is 0. The molecule has 1 aliphatic carbocycles. The minimum atomic E-state index is 0.0235. The lowest BCUT2D eigenvalue weighted by atomic mass is 9.95. The minimum Gasteiger partial charge on any atom is -0.339 e. The van der Waals surface area contributed by atoms with E-state index in [9.17, 15) is 4.79 Å². The molecule has 2 unspecified atom stereocenters. The van der Waals surface area contributed by atoms with Crippen molar-refractivity contribution in [3.63, 3.8) is 0 Å². The van der Waals surface area contributed by atoms with Crippen LogP contribution in [-0.2, 0) is 0 Å². The molecule has 6 nitrogen and oxygen atoms in total. The highest BCUT2D eigenvalue weighted by atomic mass is 35.5.